The van der Waals surface area contributed by atoms with E-state index in [0.29, 0.717) is 17.1 Å². The summed E-state index contributed by atoms with van der Waals surface area (Å²) in [6.07, 6.45) is 5.53. The van der Waals surface area contributed by atoms with Gasteiger partial charge in [-0.2, -0.15) is 4.98 Å². The molecule has 7 heteroatoms. The van der Waals surface area contributed by atoms with Crippen molar-refractivity contribution >= 4 is 23.1 Å². The average Bonchev–Trinajstić information content (AvgIpc) is 2.97. The Labute approximate surface area is 132 Å². The second-order valence-corrected chi connectivity index (χ2v) is 5.61. The van der Waals surface area contributed by atoms with E-state index in [2.05, 4.69) is 25.2 Å². The van der Waals surface area contributed by atoms with Crippen LogP contribution in [0.15, 0.2) is 41.1 Å². The SMILES string of the molecule is Fc1ccc2nc(NC3CCCN(c4ncccn4)C3)oc2c1. The molecule has 0 amide bonds. The molecular weight excluding hydrogens is 297 g/mol. The van der Waals surface area contributed by atoms with Crippen molar-refractivity contribution in [1.29, 1.82) is 0 Å². The summed E-state index contributed by atoms with van der Waals surface area (Å²) in [5.74, 6) is 0.406. The fourth-order valence-corrected chi connectivity index (χ4v) is 2.87. The van der Waals surface area contributed by atoms with Gasteiger partial charge in [0.25, 0.3) is 6.01 Å². The van der Waals surface area contributed by atoms with E-state index < -0.39 is 0 Å². The number of rotatable bonds is 3. The van der Waals surface area contributed by atoms with Crippen LogP contribution >= 0.6 is 0 Å². The first-order valence-corrected chi connectivity index (χ1v) is 7.62. The predicted molar refractivity (Wildman–Crippen MR) is 84.9 cm³/mol. The van der Waals surface area contributed by atoms with Gasteiger partial charge in [-0.3, -0.25) is 0 Å². The lowest BCUT2D eigenvalue weighted by Crippen LogP contribution is -2.42. The molecule has 4 rings (SSSR count). The van der Waals surface area contributed by atoms with E-state index in [0.717, 1.165) is 31.9 Å². The van der Waals surface area contributed by atoms with Gasteiger partial charge in [-0.25, -0.2) is 14.4 Å². The van der Waals surface area contributed by atoms with Gasteiger partial charge in [-0.05, 0) is 31.0 Å². The molecule has 3 heterocycles. The van der Waals surface area contributed by atoms with E-state index >= 15 is 0 Å². The molecule has 0 spiro atoms. The fourth-order valence-electron chi connectivity index (χ4n) is 2.87. The van der Waals surface area contributed by atoms with Gasteiger partial charge >= 0.3 is 0 Å². The van der Waals surface area contributed by atoms with E-state index in [1.165, 1.54) is 12.1 Å². The standard InChI is InChI=1S/C16H16FN5O/c17-11-4-5-13-14(9-11)23-16(21-13)20-12-3-1-8-22(10-12)15-18-6-2-7-19-15/h2,4-7,9,12H,1,3,8,10H2,(H,20,21). The van der Waals surface area contributed by atoms with Crippen LogP contribution in [-0.4, -0.2) is 34.1 Å². The molecule has 1 aromatic carbocycles. The molecule has 118 valence electrons. The topological polar surface area (TPSA) is 67.1 Å². The van der Waals surface area contributed by atoms with Crippen LogP contribution in [0.5, 0.6) is 0 Å². The van der Waals surface area contributed by atoms with Crippen molar-refractivity contribution in [2.75, 3.05) is 23.3 Å². The number of aromatic nitrogens is 3. The first kappa shape index (κ1) is 13.9. The minimum Gasteiger partial charge on any atom is -0.423 e. The Morgan fingerprint density at radius 2 is 2.13 bits per heavy atom. The predicted octanol–water partition coefficient (Wildman–Crippen LogP) is 2.84. The number of halogens is 1. The van der Waals surface area contributed by atoms with Crippen LogP contribution in [0.25, 0.3) is 11.1 Å². The lowest BCUT2D eigenvalue weighted by molar-refractivity contribution is 0.503. The van der Waals surface area contributed by atoms with Gasteiger partial charge in [0.15, 0.2) is 5.58 Å². The molecule has 3 aromatic rings. The van der Waals surface area contributed by atoms with Gasteiger partial charge in [-0.1, -0.05) is 0 Å². The van der Waals surface area contributed by atoms with Gasteiger partial charge < -0.3 is 14.6 Å². The van der Waals surface area contributed by atoms with Crippen LogP contribution < -0.4 is 10.2 Å². The highest BCUT2D eigenvalue weighted by atomic mass is 19.1. The number of anilines is 2. The second-order valence-electron chi connectivity index (χ2n) is 5.61. The summed E-state index contributed by atoms with van der Waals surface area (Å²) in [6, 6.07) is 6.75. The van der Waals surface area contributed by atoms with Crippen molar-refractivity contribution in [3.05, 3.63) is 42.5 Å². The largest absolute Gasteiger partial charge is 0.423 e. The molecule has 0 radical (unpaired) electrons. The highest BCUT2D eigenvalue weighted by Gasteiger charge is 2.22. The number of hydrogen-bond donors (Lipinski definition) is 1. The molecule has 0 saturated carbocycles. The van der Waals surface area contributed by atoms with Crippen LogP contribution in [0, 0.1) is 5.82 Å². The molecule has 0 aliphatic carbocycles. The Morgan fingerprint density at radius 3 is 3.00 bits per heavy atom. The molecule has 1 fully saturated rings. The van der Waals surface area contributed by atoms with Gasteiger partial charge in [0.05, 0.1) is 0 Å². The van der Waals surface area contributed by atoms with E-state index in [1.807, 2.05) is 0 Å². The molecule has 0 bridgehead atoms. The number of nitrogens with one attached hydrogen (secondary N) is 1. The molecule has 2 aromatic heterocycles. The quantitative estimate of drug-likeness (QED) is 0.802. The number of piperidine rings is 1. The summed E-state index contributed by atoms with van der Waals surface area (Å²) in [6.45, 7) is 1.71. The number of oxazole rings is 1. The number of nitrogens with zero attached hydrogens (tertiary/aromatic N) is 4. The van der Waals surface area contributed by atoms with Crippen LogP contribution in [0.3, 0.4) is 0 Å². The summed E-state index contributed by atoms with van der Waals surface area (Å²) in [4.78, 5) is 15.1. The lowest BCUT2D eigenvalue weighted by Gasteiger charge is -2.32. The summed E-state index contributed by atoms with van der Waals surface area (Å²) in [5, 5.41) is 3.29. The zero-order valence-electron chi connectivity index (χ0n) is 12.4. The van der Waals surface area contributed by atoms with Crippen LogP contribution in [0.4, 0.5) is 16.4 Å². The molecule has 1 unspecified atom stereocenters. The maximum absolute atomic E-state index is 13.2. The minimum absolute atomic E-state index is 0.186. The normalized spacial score (nSPS) is 18.3. The second kappa shape index (κ2) is 5.83. The smallest absolute Gasteiger partial charge is 0.295 e. The average molecular weight is 313 g/mol. The van der Waals surface area contributed by atoms with Crippen LogP contribution in [-0.2, 0) is 0 Å². The third kappa shape index (κ3) is 2.94. The molecule has 1 atom stereocenters. The van der Waals surface area contributed by atoms with Crippen molar-refractivity contribution in [3.63, 3.8) is 0 Å². The third-order valence-electron chi connectivity index (χ3n) is 3.93. The van der Waals surface area contributed by atoms with E-state index in [9.17, 15) is 4.39 Å². The Balaban J connectivity index is 1.49. The highest BCUT2D eigenvalue weighted by Crippen LogP contribution is 2.23. The highest BCUT2D eigenvalue weighted by molar-refractivity contribution is 5.74. The number of hydrogen-bond acceptors (Lipinski definition) is 6. The lowest BCUT2D eigenvalue weighted by atomic mass is 10.1. The monoisotopic (exact) mass is 313 g/mol. The van der Waals surface area contributed by atoms with Crippen molar-refractivity contribution < 1.29 is 8.81 Å². The Kier molecular flexibility index (Phi) is 3.53. The molecule has 1 aliphatic rings. The summed E-state index contributed by atoms with van der Waals surface area (Å²) in [7, 11) is 0. The van der Waals surface area contributed by atoms with E-state index in [1.54, 1.807) is 24.5 Å². The zero-order chi connectivity index (χ0) is 15.6. The maximum atomic E-state index is 13.2. The Morgan fingerprint density at radius 1 is 1.26 bits per heavy atom. The summed E-state index contributed by atoms with van der Waals surface area (Å²) >= 11 is 0. The van der Waals surface area contributed by atoms with Crippen LogP contribution in [0.2, 0.25) is 0 Å². The Bertz CT molecular complexity index is 807. The third-order valence-corrected chi connectivity index (χ3v) is 3.93. The fraction of sp³-hybridized carbons (Fsp3) is 0.312. The van der Waals surface area contributed by atoms with Gasteiger partial charge in [-0.15, -0.1) is 0 Å². The molecular formula is C16H16FN5O. The molecule has 6 nitrogen and oxygen atoms in total. The van der Waals surface area contributed by atoms with E-state index in [4.69, 9.17) is 4.42 Å². The van der Waals surface area contributed by atoms with Gasteiger partial charge in [0.2, 0.25) is 5.95 Å². The van der Waals surface area contributed by atoms with Crippen molar-refractivity contribution in [2.45, 2.75) is 18.9 Å². The first-order valence-electron chi connectivity index (χ1n) is 7.62. The summed E-state index contributed by atoms with van der Waals surface area (Å²) in [5.41, 5.74) is 1.10. The summed E-state index contributed by atoms with van der Waals surface area (Å²) < 4.78 is 18.8. The van der Waals surface area contributed by atoms with Crippen molar-refractivity contribution in [2.24, 2.45) is 0 Å². The maximum Gasteiger partial charge on any atom is 0.295 e. The number of benzene rings is 1. The molecule has 1 aliphatic heterocycles. The molecule has 23 heavy (non-hydrogen) atoms. The Hall–Kier alpha value is -2.70. The zero-order valence-corrected chi connectivity index (χ0v) is 12.4. The minimum atomic E-state index is -0.328. The van der Waals surface area contributed by atoms with Crippen molar-refractivity contribution in [3.8, 4) is 0 Å². The van der Waals surface area contributed by atoms with Crippen LogP contribution in [0.1, 0.15) is 12.8 Å². The molecule has 1 N–H and O–H groups in total. The van der Waals surface area contributed by atoms with Gasteiger partial charge in [0.1, 0.15) is 11.3 Å². The number of fused-ring (bicyclic) bond motifs is 1. The molecule has 1 saturated heterocycles. The van der Waals surface area contributed by atoms with Crippen molar-refractivity contribution in [1.82, 2.24) is 15.0 Å². The van der Waals surface area contributed by atoms with E-state index in [-0.39, 0.29) is 11.9 Å². The van der Waals surface area contributed by atoms with Gasteiger partial charge in [0, 0.05) is 37.6 Å². The first-order chi connectivity index (χ1) is 11.3.